The van der Waals surface area contributed by atoms with Crippen LogP contribution in [0.1, 0.15) is 26.3 Å². The lowest BCUT2D eigenvalue weighted by molar-refractivity contribution is 0.0502. The number of aliphatic imine (C=N–C) groups is 1. The van der Waals surface area contributed by atoms with Gasteiger partial charge < -0.3 is 49.7 Å². The Kier molecular flexibility index (Phi) is 24.8. The molecule has 0 aliphatic carbocycles. The smallest absolute Gasteiger partial charge is 0.215 e. The topological polar surface area (TPSA) is 273 Å². The van der Waals surface area contributed by atoms with E-state index in [0.717, 1.165) is 11.1 Å². The molecule has 0 aliphatic rings. The summed E-state index contributed by atoms with van der Waals surface area (Å²) in [7, 11) is 3.09. The third-order valence-corrected chi connectivity index (χ3v) is 9.24. The second-order valence-electron chi connectivity index (χ2n) is 13.8. The van der Waals surface area contributed by atoms with Gasteiger partial charge >= 0.3 is 0 Å². The number of hydrogen-bond acceptors (Lipinski definition) is 19. The molecule has 0 aliphatic heterocycles. The number of nitrogens with zero attached hydrogens (tertiary/aromatic N) is 7. The maximum Gasteiger partial charge on any atom is 0.215 e. The van der Waals surface area contributed by atoms with Crippen LogP contribution in [0.3, 0.4) is 0 Å². The minimum absolute atomic E-state index is 0.0126. The number of halogens is 4. The number of ether oxygens (including phenoxy) is 4. The minimum Gasteiger partial charge on any atom is -0.506 e. The summed E-state index contributed by atoms with van der Waals surface area (Å²) in [6, 6.07) is 21.8. The van der Waals surface area contributed by atoms with Crippen molar-refractivity contribution in [1.29, 1.82) is 0 Å². The summed E-state index contributed by atoms with van der Waals surface area (Å²) >= 11 is 11.4. The molecule has 0 radical (unpaired) electrons. The zero-order chi connectivity index (χ0) is 53.5. The highest BCUT2D eigenvalue weighted by Gasteiger charge is 2.12. The number of aromatic nitrogens is 6. The Morgan fingerprint density at radius 3 is 1.77 bits per heavy atom. The molecule has 0 saturated carbocycles. The summed E-state index contributed by atoms with van der Waals surface area (Å²) in [5.74, 6) is 0.612. The number of nitrogens with two attached hydrogens (primary N) is 1. The summed E-state index contributed by atoms with van der Waals surface area (Å²) in [6.45, 7) is 0.387. The second-order valence-corrected chi connectivity index (χ2v) is 14.7. The molecule has 2 aromatic carbocycles. The summed E-state index contributed by atoms with van der Waals surface area (Å²) in [5, 5.41) is 30.8. The molecule has 9 rings (SSSR count). The molecule has 9 aromatic rings. The fourth-order valence-electron chi connectivity index (χ4n) is 5.17. The first-order valence-corrected chi connectivity index (χ1v) is 21.8. The predicted octanol–water partition coefficient (Wildman–Crippen LogP) is 10.6. The second kappa shape index (κ2) is 31.9. The van der Waals surface area contributed by atoms with Gasteiger partial charge in [-0.1, -0.05) is 23.2 Å². The molecule has 7 aromatic heterocycles. The number of methoxy groups -OCH3 is 2. The number of carbonyl (C=O) groups is 2. The van der Waals surface area contributed by atoms with Crippen molar-refractivity contribution in [3.63, 3.8) is 0 Å². The highest BCUT2D eigenvalue weighted by atomic mass is 35.5. The number of anilines is 3. The van der Waals surface area contributed by atoms with Crippen LogP contribution in [-0.4, -0.2) is 91.8 Å². The number of fused-ring (bicyclic) bond motifs is 1. The van der Waals surface area contributed by atoms with Gasteiger partial charge in [-0.15, -0.1) is 0 Å². The lowest BCUT2D eigenvalue weighted by Gasteiger charge is -2.06. The molecule has 0 spiro atoms. The van der Waals surface area contributed by atoms with Gasteiger partial charge in [-0.25, -0.2) is 8.78 Å². The van der Waals surface area contributed by atoms with Gasteiger partial charge in [0.2, 0.25) is 5.88 Å². The van der Waals surface area contributed by atoms with Crippen LogP contribution >= 0.6 is 23.2 Å². The number of nitrogen functional groups attached to an aromatic ring is 1. The Hall–Kier alpha value is -9.15. The third-order valence-electron chi connectivity index (χ3n) is 8.66. The van der Waals surface area contributed by atoms with Crippen molar-refractivity contribution in [1.82, 2.24) is 29.9 Å². The SMILES string of the molecule is COCOc1cccnc1.COCOc1cnccc1C=O.Nc1oc2cnccc2c1Nc1ccc(F)c(Cl)c1.O=Cc1ccncc1O.Oc1cccnc1.Oc1cnccc1C=Nc1ccc(F)c(Cl)c1. The Morgan fingerprint density at radius 1 is 0.649 bits per heavy atom. The highest BCUT2D eigenvalue weighted by molar-refractivity contribution is 6.31. The van der Waals surface area contributed by atoms with Crippen LogP contribution in [0.5, 0.6) is 28.7 Å². The summed E-state index contributed by atoms with van der Waals surface area (Å²) < 4.78 is 50.9. The molecule has 382 valence electrons. The molecule has 74 heavy (non-hydrogen) atoms. The molecule has 0 unspecified atom stereocenters. The number of benzene rings is 2. The van der Waals surface area contributed by atoms with E-state index in [2.05, 4.69) is 44.9 Å². The largest absolute Gasteiger partial charge is 0.506 e. The van der Waals surface area contributed by atoms with E-state index in [0.29, 0.717) is 52.1 Å². The third kappa shape index (κ3) is 19.9. The van der Waals surface area contributed by atoms with Crippen molar-refractivity contribution in [2.24, 2.45) is 4.99 Å². The Morgan fingerprint density at radius 2 is 1.22 bits per heavy atom. The van der Waals surface area contributed by atoms with Crippen molar-refractivity contribution >= 4 is 75.9 Å². The van der Waals surface area contributed by atoms with E-state index in [1.807, 2.05) is 12.1 Å². The molecule has 7 heterocycles. The maximum absolute atomic E-state index is 13.1. The molecule has 0 fully saturated rings. The average molecular weight is 1050 g/mol. The van der Waals surface area contributed by atoms with Crippen molar-refractivity contribution in [2.75, 3.05) is 38.9 Å². The van der Waals surface area contributed by atoms with E-state index in [-0.39, 0.29) is 52.3 Å². The lowest BCUT2D eigenvalue weighted by Crippen LogP contribution is -2.01. The van der Waals surface area contributed by atoms with Crippen molar-refractivity contribution in [2.45, 2.75) is 0 Å². The fourth-order valence-corrected chi connectivity index (χ4v) is 5.53. The number of aromatic hydroxyl groups is 3. The summed E-state index contributed by atoms with van der Waals surface area (Å²) in [5.41, 5.74) is 9.40. The van der Waals surface area contributed by atoms with Crippen LogP contribution < -0.4 is 20.5 Å². The zero-order valence-electron chi connectivity index (χ0n) is 39.1. The molecule has 0 saturated heterocycles. The van der Waals surface area contributed by atoms with Crippen molar-refractivity contribution < 1.29 is 57.1 Å². The fraction of sp³-hybridized carbons (Fsp3) is 0.0784. The van der Waals surface area contributed by atoms with Gasteiger partial charge in [0.05, 0.1) is 64.0 Å². The molecule has 23 heteroatoms. The quantitative estimate of drug-likeness (QED) is 0.0432. The van der Waals surface area contributed by atoms with Gasteiger partial charge in [0.15, 0.2) is 37.5 Å². The van der Waals surface area contributed by atoms with Crippen LogP contribution in [0.25, 0.3) is 11.0 Å². The van der Waals surface area contributed by atoms with E-state index in [1.54, 1.807) is 80.7 Å². The minimum atomic E-state index is -0.489. The van der Waals surface area contributed by atoms with Gasteiger partial charge in [-0.2, -0.15) is 0 Å². The van der Waals surface area contributed by atoms with Gasteiger partial charge in [-0.05, 0) is 84.9 Å². The van der Waals surface area contributed by atoms with Gasteiger partial charge in [0, 0.05) is 74.3 Å². The van der Waals surface area contributed by atoms with Gasteiger partial charge in [-0.3, -0.25) is 44.5 Å². The number of furan rings is 1. The number of carbonyl (C=O) groups excluding carboxylic acids is 2. The molecule has 0 bridgehead atoms. The Labute approximate surface area is 431 Å². The van der Waals surface area contributed by atoms with E-state index in [4.69, 9.17) is 57.8 Å². The van der Waals surface area contributed by atoms with E-state index in [9.17, 15) is 23.5 Å². The number of rotatable bonds is 12. The number of pyridine rings is 6. The highest BCUT2D eigenvalue weighted by Crippen LogP contribution is 2.35. The Bertz CT molecular complexity index is 3150. The Balaban J connectivity index is 0.000000199. The first-order valence-electron chi connectivity index (χ1n) is 21.0. The standard InChI is InChI=1S/C13H9ClFN3O.C12H8ClFN2O.C8H9NO3.C7H9NO2.C6H5NO2.C5H5NO/c14-9-5-7(1-2-10(9)15)18-12-8-3-4-17-6-11(8)19-13(12)16;13-10-5-9(1-2-11(10)14)16-6-8-3-4-15-7-12(8)17;1-11-6-12-8-4-9-3-2-7(8)5-10;1-9-6-10-7-3-2-4-8-5-7;8-4-5-1-2-7-3-6(5)9;7-5-2-1-3-6-4-5/h1-6,18H,16H2;1-7,17H;2-5H,6H2,1H3;2-5H,6H2,1H3;1-4,9H;1-4,7H. The van der Waals surface area contributed by atoms with Crippen LogP contribution in [-0.2, 0) is 9.47 Å². The summed E-state index contributed by atoms with van der Waals surface area (Å²) in [6.07, 6.45) is 20.8. The van der Waals surface area contributed by atoms with Crippen LogP contribution in [0.15, 0.2) is 169 Å². The van der Waals surface area contributed by atoms with E-state index >= 15 is 0 Å². The lowest BCUT2D eigenvalue weighted by atomic mass is 10.2. The molecular formula is C51H45Cl2F2N9O10. The molecule has 19 nitrogen and oxygen atoms in total. The first-order chi connectivity index (χ1) is 35.9. The van der Waals surface area contributed by atoms with Crippen LogP contribution in [0, 0.1) is 11.6 Å². The molecule has 0 atom stereocenters. The normalized spacial score (nSPS) is 9.97. The molecule has 6 N–H and O–H groups in total. The van der Waals surface area contributed by atoms with Gasteiger partial charge in [0.25, 0.3) is 0 Å². The molecule has 0 amide bonds. The molecular weight excluding hydrogens is 1010 g/mol. The van der Waals surface area contributed by atoms with Crippen molar-refractivity contribution in [3.05, 3.63) is 198 Å². The average Bonchev–Trinajstić information content (AvgIpc) is 3.74. The number of nitrogens with one attached hydrogen (secondary N) is 1. The maximum atomic E-state index is 13.1. The van der Waals surface area contributed by atoms with Crippen LogP contribution in [0.4, 0.5) is 31.7 Å². The van der Waals surface area contributed by atoms with E-state index in [1.165, 1.54) is 86.9 Å². The zero-order valence-corrected chi connectivity index (χ0v) is 40.6. The van der Waals surface area contributed by atoms with Crippen molar-refractivity contribution in [3.8, 4) is 28.7 Å². The monoisotopic (exact) mass is 1050 g/mol. The van der Waals surface area contributed by atoms with Crippen LogP contribution in [0.2, 0.25) is 10.0 Å². The number of aldehydes is 2. The number of hydrogen-bond donors (Lipinski definition) is 5. The predicted molar refractivity (Wildman–Crippen MR) is 274 cm³/mol. The van der Waals surface area contributed by atoms with Gasteiger partial charge in [0.1, 0.15) is 40.3 Å². The first kappa shape index (κ1) is 57.4. The summed E-state index contributed by atoms with van der Waals surface area (Å²) in [4.78, 5) is 47.1. The van der Waals surface area contributed by atoms with E-state index < -0.39 is 11.6 Å².